The standard InChI is InChI=1S/C17H22N4O2S/c1-17(2,3)16-19-13(20-23-16)11-24-14-7-6-12(10-18-14)15(22)21-8-4-5-9-21/h6-7,10H,4-5,8-9,11H2,1-3H3. The zero-order valence-electron chi connectivity index (χ0n) is 14.3. The van der Waals surface area contributed by atoms with Crippen LogP contribution in [0.1, 0.15) is 55.7 Å². The second-order valence-corrected chi connectivity index (χ2v) is 7.93. The minimum atomic E-state index is -0.147. The zero-order chi connectivity index (χ0) is 17.2. The first-order chi connectivity index (χ1) is 11.4. The number of rotatable bonds is 4. The molecule has 128 valence electrons. The van der Waals surface area contributed by atoms with Crippen molar-refractivity contribution in [2.45, 2.75) is 49.8 Å². The Balaban J connectivity index is 1.58. The molecule has 1 aliphatic rings. The highest BCUT2D eigenvalue weighted by Crippen LogP contribution is 2.23. The van der Waals surface area contributed by atoms with E-state index in [1.807, 2.05) is 37.8 Å². The largest absolute Gasteiger partial charge is 0.339 e. The topological polar surface area (TPSA) is 72.1 Å². The fraction of sp³-hybridized carbons (Fsp3) is 0.529. The van der Waals surface area contributed by atoms with Gasteiger partial charge in [-0.1, -0.05) is 37.7 Å². The van der Waals surface area contributed by atoms with E-state index >= 15 is 0 Å². The van der Waals surface area contributed by atoms with E-state index in [9.17, 15) is 4.79 Å². The van der Waals surface area contributed by atoms with Gasteiger partial charge in [0, 0.05) is 24.7 Å². The molecule has 3 rings (SSSR count). The molecular weight excluding hydrogens is 324 g/mol. The van der Waals surface area contributed by atoms with Gasteiger partial charge in [-0.3, -0.25) is 4.79 Å². The minimum absolute atomic E-state index is 0.0736. The number of carbonyl (C=O) groups is 1. The molecule has 1 fully saturated rings. The van der Waals surface area contributed by atoms with Crippen LogP contribution in [-0.2, 0) is 11.2 Å². The number of likely N-dealkylation sites (tertiary alicyclic amines) is 1. The van der Waals surface area contributed by atoms with E-state index in [0.29, 0.717) is 23.0 Å². The van der Waals surface area contributed by atoms with Gasteiger partial charge >= 0.3 is 0 Å². The molecule has 2 aromatic heterocycles. The summed E-state index contributed by atoms with van der Waals surface area (Å²) >= 11 is 1.53. The summed E-state index contributed by atoms with van der Waals surface area (Å²) in [6.45, 7) is 7.81. The van der Waals surface area contributed by atoms with Crippen molar-refractivity contribution in [2.75, 3.05) is 13.1 Å². The first-order valence-electron chi connectivity index (χ1n) is 8.15. The Morgan fingerprint density at radius 2 is 2.04 bits per heavy atom. The lowest BCUT2D eigenvalue weighted by Crippen LogP contribution is -2.27. The van der Waals surface area contributed by atoms with Gasteiger partial charge in [0.2, 0.25) is 5.89 Å². The summed E-state index contributed by atoms with van der Waals surface area (Å²) in [5.41, 5.74) is 0.502. The molecule has 0 atom stereocenters. The Morgan fingerprint density at radius 1 is 1.29 bits per heavy atom. The molecule has 6 nitrogen and oxygen atoms in total. The Hall–Kier alpha value is -1.89. The summed E-state index contributed by atoms with van der Waals surface area (Å²) in [4.78, 5) is 22.9. The SMILES string of the molecule is CC(C)(C)c1nc(CSc2ccc(C(=O)N3CCCC3)cn2)no1. The number of pyridine rings is 1. The maximum atomic E-state index is 12.3. The highest BCUT2D eigenvalue weighted by atomic mass is 32.2. The third-order valence-electron chi connectivity index (χ3n) is 3.84. The number of thioether (sulfide) groups is 1. The smallest absolute Gasteiger partial charge is 0.255 e. The van der Waals surface area contributed by atoms with E-state index in [1.54, 1.807) is 6.20 Å². The second-order valence-electron chi connectivity index (χ2n) is 6.94. The summed E-state index contributed by atoms with van der Waals surface area (Å²) < 4.78 is 5.28. The van der Waals surface area contributed by atoms with Crippen LogP contribution >= 0.6 is 11.8 Å². The van der Waals surface area contributed by atoms with Gasteiger partial charge in [0.15, 0.2) is 5.82 Å². The van der Waals surface area contributed by atoms with E-state index in [1.165, 1.54) is 11.8 Å². The first-order valence-corrected chi connectivity index (χ1v) is 9.13. The van der Waals surface area contributed by atoms with Crippen LogP contribution in [-0.4, -0.2) is 39.0 Å². The molecule has 0 aliphatic carbocycles. The lowest BCUT2D eigenvalue weighted by molar-refractivity contribution is 0.0792. The van der Waals surface area contributed by atoms with Crippen molar-refractivity contribution in [1.82, 2.24) is 20.0 Å². The van der Waals surface area contributed by atoms with Crippen LogP contribution in [0.2, 0.25) is 0 Å². The Morgan fingerprint density at radius 3 is 2.62 bits per heavy atom. The van der Waals surface area contributed by atoms with E-state index in [2.05, 4.69) is 15.1 Å². The number of hydrogen-bond acceptors (Lipinski definition) is 6. The fourth-order valence-corrected chi connectivity index (χ4v) is 3.14. The molecule has 1 amide bonds. The highest BCUT2D eigenvalue weighted by Gasteiger charge is 2.22. The Labute approximate surface area is 146 Å². The molecule has 0 saturated carbocycles. The monoisotopic (exact) mass is 346 g/mol. The minimum Gasteiger partial charge on any atom is -0.339 e. The highest BCUT2D eigenvalue weighted by molar-refractivity contribution is 7.98. The van der Waals surface area contributed by atoms with E-state index in [4.69, 9.17) is 4.52 Å². The maximum absolute atomic E-state index is 12.3. The fourth-order valence-electron chi connectivity index (χ4n) is 2.45. The number of carbonyl (C=O) groups excluding carboxylic acids is 1. The molecule has 0 aromatic carbocycles. The van der Waals surface area contributed by atoms with Crippen molar-refractivity contribution >= 4 is 17.7 Å². The van der Waals surface area contributed by atoms with Crippen molar-refractivity contribution < 1.29 is 9.32 Å². The maximum Gasteiger partial charge on any atom is 0.255 e. The second kappa shape index (κ2) is 6.93. The average Bonchev–Trinajstić information content (AvgIpc) is 3.23. The van der Waals surface area contributed by atoms with Crippen LogP contribution in [0.5, 0.6) is 0 Å². The lowest BCUT2D eigenvalue weighted by atomic mass is 9.97. The van der Waals surface area contributed by atoms with Crippen molar-refractivity contribution in [3.05, 3.63) is 35.6 Å². The van der Waals surface area contributed by atoms with Gasteiger partial charge in [-0.05, 0) is 25.0 Å². The Bertz CT molecular complexity index is 700. The van der Waals surface area contributed by atoms with Gasteiger partial charge in [-0.2, -0.15) is 4.98 Å². The van der Waals surface area contributed by atoms with Gasteiger partial charge in [-0.15, -0.1) is 0 Å². The van der Waals surface area contributed by atoms with Crippen LogP contribution < -0.4 is 0 Å². The third-order valence-corrected chi connectivity index (χ3v) is 4.78. The predicted octanol–water partition coefficient (Wildman–Crippen LogP) is 3.29. The molecule has 0 spiro atoms. The van der Waals surface area contributed by atoms with Crippen molar-refractivity contribution in [1.29, 1.82) is 0 Å². The van der Waals surface area contributed by atoms with E-state index < -0.39 is 0 Å². The first kappa shape index (κ1) is 17.0. The summed E-state index contributed by atoms with van der Waals surface area (Å²) in [6, 6.07) is 3.71. The lowest BCUT2D eigenvalue weighted by Gasteiger charge is -2.14. The van der Waals surface area contributed by atoms with Crippen molar-refractivity contribution in [3.63, 3.8) is 0 Å². The molecule has 3 heterocycles. The molecule has 1 aliphatic heterocycles. The van der Waals surface area contributed by atoms with Gasteiger partial charge in [0.05, 0.1) is 16.3 Å². The van der Waals surface area contributed by atoms with Crippen molar-refractivity contribution in [3.8, 4) is 0 Å². The predicted molar refractivity (Wildman–Crippen MR) is 91.9 cm³/mol. The molecule has 2 aromatic rings. The third kappa shape index (κ3) is 3.95. The zero-order valence-corrected chi connectivity index (χ0v) is 15.1. The van der Waals surface area contributed by atoms with Crippen molar-refractivity contribution in [2.24, 2.45) is 0 Å². The molecular formula is C17H22N4O2S. The van der Waals surface area contributed by atoms with E-state index in [-0.39, 0.29) is 11.3 Å². The summed E-state index contributed by atoms with van der Waals surface area (Å²) in [6.07, 6.45) is 3.84. The van der Waals surface area contributed by atoms with E-state index in [0.717, 1.165) is 31.0 Å². The van der Waals surface area contributed by atoms with Crippen LogP contribution in [0.3, 0.4) is 0 Å². The Kier molecular flexibility index (Phi) is 4.89. The number of aromatic nitrogens is 3. The quantitative estimate of drug-likeness (QED) is 0.791. The van der Waals surface area contributed by atoms with Crippen LogP contribution in [0.4, 0.5) is 0 Å². The molecule has 24 heavy (non-hydrogen) atoms. The van der Waals surface area contributed by atoms with Gasteiger partial charge in [-0.25, -0.2) is 4.98 Å². The molecule has 0 N–H and O–H groups in total. The van der Waals surface area contributed by atoms with Crippen LogP contribution in [0.25, 0.3) is 0 Å². The number of amides is 1. The number of hydrogen-bond donors (Lipinski definition) is 0. The molecule has 0 radical (unpaired) electrons. The number of nitrogens with zero attached hydrogens (tertiary/aromatic N) is 4. The molecule has 0 bridgehead atoms. The average molecular weight is 346 g/mol. The molecule has 7 heteroatoms. The van der Waals surface area contributed by atoms with Gasteiger partial charge < -0.3 is 9.42 Å². The summed E-state index contributed by atoms with van der Waals surface area (Å²) in [5, 5.41) is 4.84. The van der Waals surface area contributed by atoms with Gasteiger partial charge in [0.1, 0.15) is 0 Å². The van der Waals surface area contributed by atoms with Gasteiger partial charge in [0.25, 0.3) is 5.91 Å². The van der Waals surface area contributed by atoms with Crippen LogP contribution in [0.15, 0.2) is 27.9 Å². The molecule has 0 unspecified atom stereocenters. The summed E-state index contributed by atoms with van der Waals surface area (Å²) in [5.74, 6) is 1.96. The normalized spacial score (nSPS) is 15.0. The molecule has 1 saturated heterocycles. The van der Waals surface area contributed by atoms with Crippen LogP contribution in [0, 0.1) is 0 Å². The summed E-state index contributed by atoms with van der Waals surface area (Å²) in [7, 11) is 0.